The van der Waals surface area contributed by atoms with E-state index in [1.54, 1.807) is 6.33 Å². The molecule has 16 aromatic rings. The number of halogens is 2. The van der Waals surface area contributed by atoms with Crippen molar-refractivity contribution in [3.8, 4) is 123 Å². The maximum absolute atomic E-state index is 7.64. The van der Waals surface area contributed by atoms with Crippen LogP contribution in [0.3, 0.4) is 0 Å². The average Bonchev–Trinajstić information content (AvgIpc) is 1.60. The van der Waals surface area contributed by atoms with Gasteiger partial charge in [-0.1, -0.05) is 296 Å². The normalized spacial score (nSPS) is 15.0. The highest BCUT2D eigenvalue weighted by molar-refractivity contribution is 6.32. The van der Waals surface area contributed by atoms with Crippen molar-refractivity contribution in [1.82, 2.24) is 29.9 Å². The Bertz CT molecular complexity index is 6730. The first-order valence-corrected chi connectivity index (χ1v) is 40.5. The van der Waals surface area contributed by atoms with Gasteiger partial charge in [-0.15, -0.1) is 0 Å². The van der Waals surface area contributed by atoms with Crippen molar-refractivity contribution in [2.24, 2.45) is 11.8 Å². The third-order valence-electron chi connectivity index (χ3n) is 23.0. The van der Waals surface area contributed by atoms with Gasteiger partial charge in [0.2, 0.25) is 0 Å². The summed E-state index contributed by atoms with van der Waals surface area (Å²) >= 11 is 14.8. The standard InChI is InChI=1S/C109H78Cl2N6/c1-68-49-53-112-103(57-68)78-33-21-72(22-34-78)87-13-5-7-17-91(87)84-61-97(95-19-11-9-15-89(95)74-25-37-80(38-26-74)105-59-70(3)51-55-114-105)99(63-84)100-65-86(110)45-46-93(100)76-29-41-82(42-30-76)107-66-108(117-67-116-107)83-43-31-77(32-44-83)94-47-48-102(111)109(94)101-64-85(92-18-8-6-14-88(92)73-23-35-79(36-24-73)104-58-69(2)50-54-113-104)62-98(101)96-20-12-10-16-90(96)75-27-39-81(40-28-75)106-60-71(4)52-56-115-106/h5-67,99,101,109H,1-4H3. The maximum Gasteiger partial charge on any atom is 0.116 e. The molecule has 3 aliphatic rings. The Kier molecular flexibility index (Phi) is 19.9. The quantitative estimate of drug-likeness (QED) is 0.0852. The van der Waals surface area contributed by atoms with Gasteiger partial charge in [-0.05, 0) is 246 Å². The van der Waals surface area contributed by atoms with Crippen LogP contribution < -0.4 is 0 Å². The summed E-state index contributed by atoms with van der Waals surface area (Å²) in [4.78, 5) is 28.7. The number of aryl methyl sites for hydroxylation is 4. The number of aromatic nitrogens is 6. The molecule has 0 N–H and O–H groups in total. The molecule has 8 heteroatoms. The van der Waals surface area contributed by atoms with E-state index in [4.69, 9.17) is 53.1 Å². The third kappa shape index (κ3) is 14.9. The van der Waals surface area contributed by atoms with Gasteiger partial charge in [-0.2, -0.15) is 0 Å². The van der Waals surface area contributed by atoms with Crippen molar-refractivity contribution in [2.75, 3.05) is 0 Å². The Morgan fingerprint density at radius 2 is 0.564 bits per heavy atom. The molecule has 19 rings (SSSR count). The zero-order valence-corrected chi connectivity index (χ0v) is 66.6. The molecule has 0 fully saturated rings. The lowest BCUT2D eigenvalue weighted by atomic mass is 9.78. The molecule has 0 saturated heterocycles. The second-order valence-electron chi connectivity index (χ2n) is 30.6. The van der Waals surface area contributed by atoms with Gasteiger partial charge in [0.15, 0.2) is 0 Å². The zero-order valence-electron chi connectivity index (χ0n) is 65.0. The maximum atomic E-state index is 7.64. The summed E-state index contributed by atoms with van der Waals surface area (Å²) < 4.78 is 0. The molecule has 0 saturated carbocycles. The molecule has 11 aromatic carbocycles. The van der Waals surface area contributed by atoms with E-state index in [9.17, 15) is 0 Å². The lowest BCUT2D eigenvalue weighted by Crippen LogP contribution is -2.14. The fourth-order valence-corrected chi connectivity index (χ4v) is 17.6. The minimum atomic E-state index is -0.193. The third-order valence-corrected chi connectivity index (χ3v) is 23.6. The van der Waals surface area contributed by atoms with Crippen molar-refractivity contribution >= 4 is 51.1 Å². The van der Waals surface area contributed by atoms with Gasteiger partial charge in [-0.25, -0.2) is 9.97 Å². The van der Waals surface area contributed by atoms with Crippen LogP contribution in [0.5, 0.6) is 0 Å². The lowest BCUT2D eigenvalue weighted by molar-refractivity contribution is 0.713. The van der Waals surface area contributed by atoms with Crippen molar-refractivity contribution in [3.63, 3.8) is 0 Å². The molecule has 5 aromatic heterocycles. The molecule has 0 amide bonds. The predicted molar refractivity (Wildman–Crippen MR) is 486 cm³/mol. The van der Waals surface area contributed by atoms with Crippen molar-refractivity contribution in [2.45, 2.75) is 33.6 Å². The van der Waals surface area contributed by atoms with Gasteiger partial charge in [-0.3, -0.25) is 19.9 Å². The van der Waals surface area contributed by atoms with E-state index in [0.717, 1.165) is 178 Å². The van der Waals surface area contributed by atoms with Crippen LogP contribution in [0.25, 0.3) is 151 Å². The molecule has 5 heterocycles. The molecule has 3 atom stereocenters. The van der Waals surface area contributed by atoms with Crippen LogP contribution >= 0.6 is 23.2 Å². The Labute approximate surface area is 693 Å². The first-order valence-electron chi connectivity index (χ1n) is 39.7. The van der Waals surface area contributed by atoms with Crippen LogP contribution in [-0.2, 0) is 0 Å². The van der Waals surface area contributed by atoms with E-state index >= 15 is 0 Å². The van der Waals surface area contributed by atoms with Crippen molar-refractivity contribution in [3.05, 3.63) is 449 Å². The molecule has 3 unspecified atom stereocenters. The second kappa shape index (κ2) is 31.8. The molecule has 0 spiro atoms. The van der Waals surface area contributed by atoms with Crippen LogP contribution in [0.4, 0.5) is 0 Å². The number of hydrogen-bond acceptors (Lipinski definition) is 6. The summed E-state index contributed by atoms with van der Waals surface area (Å²) in [6.45, 7) is 8.42. The molecule has 558 valence electrons. The van der Waals surface area contributed by atoms with Crippen LogP contribution in [0.15, 0.2) is 388 Å². The monoisotopic (exact) mass is 1540 g/mol. The van der Waals surface area contributed by atoms with E-state index in [-0.39, 0.29) is 17.8 Å². The van der Waals surface area contributed by atoms with E-state index in [1.807, 2.05) is 55.1 Å². The van der Waals surface area contributed by atoms with Crippen LogP contribution in [0.1, 0.15) is 61.6 Å². The van der Waals surface area contributed by atoms with E-state index in [2.05, 4.69) is 349 Å². The van der Waals surface area contributed by atoms with Crippen LogP contribution in [0.2, 0.25) is 5.02 Å². The topological polar surface area (TPSA) is 77.3 Å². The smallest absolute Gasteiger partial charge is 0.116 e. The minimum Gasteiger partial charge on any atom is -0.256 e. The average molecular weight is 1540 g/mol. The van der Waals surface area contributed by atoms with Gasteiger partial charge in [0, 0.05) is 86.0 Å². The lowest BCUT2D eigenvalue weighted by Gasteiger charge is -2.26. The molecule has 0 aliphatic heterocycles. The number of pyridine rings is 4. The van der Waals surface area contributed by atoms with Gasteiger partial charge in [0.05, 0.1) is 34.2 Å². The zero-order chi connectivity index (χ0) is 79.0. The van der Waals surface area contributed by atoms with Gasteiger partial charge < -0.3 is 0 Å². The first-order chi connectivity index (χ1) is 57.4. The van der Waals surface area contributed by atoms with Gasteiger partial charge in [0.25, 0.3) is 0 Å². The van der Waals surface area contributed by atoms with E-state index < -0.39 is 0 Å². The molecule has 3 aliphatic carbocycles. The Morgan fingerprint density at radius 3 is 0.957 bits per heavy atom. The SMILES string of the molecule is Cc1ccnc(-c2ccc(-c3ccccc3C3=CC(c4cc(Cl)ccc4-c4ccc(-c5cc(-c6ccc(C7=CC=C(Cl)C7C7C=C(c8ccccc8-c8ccc(-c9cc(C)ccn9)cc8)C=C7c7ccccc7-c7ccc(-c8cc(C)ccn8)cc7)cc6)ncn5)cc4)C(c4ccccc4-c4ccc(-c5cc(C)ccn5)cc4)=C3)cc2)c1. The summed E-state index contributed by atoms with van der Waals surface area (Å²) in [6, 6.07) is 113. The number of rotatable bonds is 18. The van der Waals surface area contributed by atoms with E-state index in [1.165, 1.54) is 33.4 Å². The Morgan fingerprint density at radius 1 is 0.248 bits per heavy atom. The number of benzene rings is 11. The van der Waals surface area contributed by atoms with Gasteiger partial charge in [0.1, 0.15) is 6.33 Å². The summed E-state index contributed by atoms with van der Waals surface area (Å²) in [6.07, 6.45) is 23.2. The van der Waals surface area contributed by atoms with Crippen LogP contribution in [-0.4, -0.2) is 29.9 Å². The number of nitrogens with zero attached hydrogens (tertiary/aromatic N) is 6. The summed E-state index contributed by atoms with van der Waals surface area (Å²) in [5.41, 5.74) is 40.2. The fraction of sp³-hybridized carbons (Fsp3) is 0.0642. The number of allylic oxidation sites excluding steroid dienone is 12. The summed E-state index contributed by atoms with van der Waals surface area (Å²) in [5, 5.41) is 1.45. The Hall–Kier alpha value is -13.9. The van der Waals surface area contributed by atoms with E-state index in [0.29, 0.717) is 5.02 Å². The highest BCUT2D eigenvalue weighted by Crippen LogP contribution is 2.54. The fourth-order valence-electron chi connectivity index (χ4n) is 17.1. The molecular weight excluding hydrogens is 1460 g/mol. The molecule has 6 nitrogen and oxygen atoms in total. The van der Waals surface area contributed by atoms with Crippen molar-refractivity contribution < 1.29 is 0 Å². The van der Waals surface area contributed by atoms with Gasteiger partial charge >= 0.3 is 0 Å². The molecule has 0 radical (unpaired) electrons. The number of hydrogen-bond donors (Lipinski definition) is 0. The minimum absolute atomic E-state index is 0.131. The highest BCUT2D eigenvalue weighted by Gasteiger charge is 2.37. The summed E-state index contributed by atoms with van der Waals surface area (Å²) in [5.74, 6) is -0.509. The highest BCUT2D eigenvalue weighted by atomic mass is 35.5. The molecule has 0 bridgehead atoms. The molecular formula is C109H78Cl2N6. The Balaban J connectivity index is 0.631. The second-order valence-corrected chi connectivity index (χ2v) is 31.5. The van der Waals surface area contributed by atoms with Crippen molar-refractivity contribution in [1.29, 1.82) is 0 Å². The summed E-state index contributed by atoms with van der Waals surface area (Å²) in [7, 11) is 0. The predicted octanol–water partition coefficient (Wildman–Crippen LogP) is 28.5. The van der Waals surface area contributed by atoms with Crippen LogP contribution in [0, 0.1) is 39.5 Å². The molecule has 117 heavy (non-hydrogen) atoms. The first kappa shape index (κ1) is 73.3. The largest absolute Gasteiger partial charge is 0.256 e.